The van der Waals surface area contributed by atoms with Crippen LogP contribution < -0.4 is 0 Å². The molecular weight excluding hydrogens is 148 g/mol. The number of aliphatic hydroxyl groups excluding tert-OH is 1. The van der Waals surface area contributed by atoms with Crippen LogP contribution in [-0.4, -0.2) is 14.7 Å². The summed E-state index contributed by atoms with van der Waals surface area (Å²) in [6.07, 6.45) is 1.20. The minimum absolute atomic E-state index is 0.238. The number of hydrogen-bond donors (Lipinski definition) is 1. The van der Waals surface area contributed by atoms with Gasteiger partial charge in [0, 0.05) is 0 Å². The van der Waals surface area contributed by atoms with Crippen LogP contribution in [0.5, 0.6) is 0 Å². The van der Waals surface area contributed by atoms with Gasteiger partial charge in [-0.05, 0) is 17.5 Å². The van der Waals surface area contributed by atoms with E-state index in [-0.39, 0.29) is 5.92 Å². The summed E-state index contributed by atoms with van der Waals surface area (Å²) < 4.78 is 3.66. The van der Waals surface area contributed by atoms with Crippen LogP contribution in [0.25, 0.3) is 0 Å². The highest BCUT2D eigenvalue weighted by Gasteiger charge is 2.13. The largest absolute Gasteiger partial charge is 0.387 e. The maximum absolute atomic E-state index is 9.42. The molecule has 0 spiro atoms. The maximum atomic E-state index is 9.42. The molecule has 0 aliphatic heterocycles. The predicted octanol–water partition coefficient (Wildman–Crippen LogP) is 1.23. The van der Waals surface area contributed by atoms with Gasteiger partial charge in [0.05, 0.1) is 17.2 Å². The Morgan fingerprint density at radius 1 is 1.60 bits per heavy atom. The smallest absolute Gasteiger partial charge is 0.0937 e. The molecule has 1 aromatic heterocycles. The lowest BCUT2D eigenvalue weighted by molar-refractivity contribution is 0.130. The first kappa shape index (κ1) is 7.63. The van der Waals surface area contributed by atoms with Gasteiger partial charge in [-0.2, -0.15) is 0 Å². The van der Waals surface area contributed by atoms with Crippen LogP contribution in [0.2, 0.25) is 0 Å². The molecule has 0 aliphatic carbocycles. The summed E-state index contributed by atoms with van der Waals surface area (Å²) in [4.78, 5) is 0.843. The fourth-order valence-electron chi connectivity index (χ4n) is 0.634. The molecule has 1 atom stereocenters. The third kappa shape index (κ3) is 1.52. The van der Waals surface area contributed by atoms with Crippen molar-refractivity contribution in [3.63, 3.8) is 0 Å². The molecular formula is C6H10N2OS. The first-order valence-electron chi connectivity index (χ1n) is 3.17. The second kappa shape index (κ2) is 3.07. The third-order valence-electron chi connectivity index (χ3n) is 1.30. The van der Waals surface area contributed by atoms with E-state index in [2.05, 4.69) is 9.59 Å². The Morgan fingerprint density at radius 2 is 2.30 bits per heavy atom. The lowest BCUT2D eigenvalue weighted by Crippen LogP contribution is -2.02. The molecule has 1 aromatic rings. The summed E-state index contributed by atoms with van der Waals surface area (Å²) in [5, 5.41) is 13.1. The van der Waals surface area contributed by atoms with Gasteiger partial charge < -0.3 is 5.11 Å². The van der Waals surface area contributed by atoms with Crippen molar-refractivity contribution < 1.29 is 5.11 Å². The Balaban J connectivity index is 2.68. The minimum Gasteiger partial charge on any atom is -0.387 e. The normalized spacial score (nSPS) is 14.0. The molecule has 1 heterocycles. The summed E-state index contributed by atoms with van der Waals surface area (Å²) in [7, 11) is 0. The van der Waals surface area contributed by atoms with Crippen LogP contribution in [0.3, 0.4) is 0 Å². The molecule has 10 heavy (non-hydrogen) atoms. The fraction of sp³-hybridized carbons (Fsp3) is 0.667. The Labute approximate surface area is 63.9 Å². The molecule has 0 saturated heterocycles. The third-order valence-corrected chi connectivity index (χ3v) is 2.03. The van der Waals surface area contributed by atoms with Gasteiger partial charge in [0.25, 0.3) is 0 Å². The highest BCUT2D eigenvalue weighted by atomic mass is 32.1. The molecule has 0 radical (unpaired) electrons. The van der Waals surface area contributed by atoms with E-state index in [0.717, 1.165) is 4.88 Å². The van der Waals surface area contributed by atoms with Gasteiger partial charge in [0.2, 0.25) is 0 Å². The lowest BCUT2D eigenvalue weighted by atomic mass is 10.1. The van der Waals surface area contributed by atoms with Gasteiger partial charge in [0.15, 0.2) is 0 Å². The first-order chi connectivity index (χ1) is 4.72. The Hall–Kier alpha value is -0.480. The average Bonchev–Trinajstić information content (AvgIpc) is 2.36. The SMILES string of the molecule is CC(C)C(O)c1cnns1. The number of rotatable bonds is 2. The van der Waals surface area contributed by atoms with Crippen molar-refractivity contribution in [3.05, 3.63) is 11.1 Å². The number of nitrogens with zero attached hydrogens (tertiary/aromatic N) is 2. The van der Waals surface area contributed by atoms with Crippen molar-refractivity contribution in [2.24, 2.45) is 5.92 Å². The topological polar surface area (TPSA) is 46.0 Å². The molecule has 3 nitrogen and oxygen atoms in total. The van der Waals surface area contributed by atoms with Crippen LogP contribution in [0.15, 0.2) is 6.20 Å². The van der Waals surface area contributed by atoms with E-state index < -0.39 is 6.10 Å². The van der Waals surface area contributed by atoms with E-state index in [1.807, 2.05) is 13.8 Å². The molecule has 0 aliphatic rings. The maximum Gasteiger partial charge on any atom is 0.0937 e. The van der Waals surface area contributed by atoms with E-state index >= 15 is 0 Å². The van der Waals surface area contributed by atoms with E-state index in [9.17, 15) is 5.11 Å². The Morgan fingerprint density at radius 3 is 2.70 bits per heavy atom. The highest BCUT2D eigenvalue weighted by molar-refractivity contribution is 7.05. The molecule has 1 N–H and O–H groups in total. The lowest BCUT2D eigenvalue weighted by Gasteiger charge is -2.09. The van der Waals surface area contributed by atoms with Gasteiger partial charge in [-0.15, -0.1) is 5.10 Å². The Bertz CT molecular complexity index is 186. The molecule has 0 amide bonds. The van der Waals surface area contributed by atoms with Crippen molar-refractivity contribution in [1.29, 1.82) is 0 Å². The second-order valence-corrected chi connectivity index (χ2v) is 3.33. The zero-order valence-corrected chi connectivity index (χ0v) is 6.80. The fourth-order valence-corrected chi connectivity index (χ4v) is 1.30. The number of aromatic nitrogens is 2. The number of hydrogen-bond acceptors (Lipinski definition) is 4. The van der Waals surface area contributed by atoms with Crippen molar-refractivity contribution in [1.82, 2.24) is 9.59 Å². The summed E-state index contributed by atoms with van der Waals surface area (Å²) >= 11 is 1.25. The standard InChI is InChI=1S/C6H10N2OS/c1-4(2)6(9)5-3-7-8-10-5/h3-4,6,9H,1-2H3. The van der Waals surface area contributed by atoms with Crippen molar-refractivity contribution in [2.45, 2.75) is 20.0 Å². The van der Waals surface area contributed by atoms with Crippen molar-refractivity contribution in [3.8, 4) is 0 Å². The van der Waals surface area contributed by atoms with Gasteiger partial charge in [-0.3, -0.25) is 0 Å². The van der Waals surface area contributed by atoms with Gasteiger partial charge in [0.1, 0.15) is 0 Å². The molecule has 0 aromatic carbocycles. The van der Waals surface area contributed by atoms with E-state index in [0.29, 0.717) is 0 Å². The molecule has 0 bridgehead atoms. The molecule has 4 heteroatoms. The molecule has 56 valence electrons. The molecule has 0 saturated carbocycles. The van der Waals surface area contributed by atoms with Crippen LogP contribution in [-0.2, 0) is 0 Å². The second-order valence-electron chi connectivity index (χ2n) is 2.51. The zero-order valence-electron chi connectivity index (χ0n) is 5.98. The van der Waals surface area contributed by atoms with Crippen LogP contribution >= 0.6 is 11.5 Å². The zero-order chi connectivity index (χ0) is 7.56. The van der Waals surface area contributed by atoms with Gasteiger partial charge in [-0.1, -0.05) is 18.3 Å². The van der Waals surface area contributed by atoms with Crippen LogP contribution in [0, 0.1) is 5.92 Å². The van der Waals surface area contributed by atoms with Crippen molar-refractivity contribution in [2.75, 3.05) is 0 Å². The Kier molecular flexibility index (Phi) is 2.34. The van der Waals surface area contributed by atoms with E-state index in [4.69, 9.17) is 0 Å². The summed E-state index contributed by atoms with van der Waals surface area (Å²) in [5.41, 5.74) is 0. The first-order valence-corrected chi connectivity index (χ1v) is 3.94. The van der Waals surface area contributed by atoms with Gasteiger partial charge in [-0.25, -0.2) is 0 Å². The highest BCUT2D eigenvalue weighted by Crippen LogP contribution is 2.22. The number of aliphatic hydroxyl groups is 1. The molecule has 0 fully saturated rings. The molecule has 1 unspecified atom stereocenters. The molecule has 1 rings (SSSR count). The minimum atomic E-state index is -0.403. The van der Waals surface area contributed by atoms with E-state index in [1.54, 1.807) is 6.20 Å². The predicted molar refractivity (Wildman–Crippen MR) is 39.7 cm³/mol. The quantitative estimate of drug-likeness (QED) is 0.704. The van der Waals surface area contributed by atoms with Crippen molar-refractivity contribution >= 4 is 11.5 Å². The van der Waals surface area contributed by atoms with Crippen LogP contribution in [0.4, 0.5) is 0 Å². The summed E-state index contributed by atoms with van der Waals surface area (Å²) in [6.45, 7) is 3.93. The van der Waals surface area contributed by atoms with Gasteiger partial charge >= 0.3 is 0 Å². The summed E-state index contributed by atoms with van der Waals surface area (Å²) in [6, 6.07) is 0. The monoisotopic (exact) mass is 158 g/mol. The summed E-state index contributed by atoms with van der Waals surface area (Å²) in [5.74, 6) is 0.238. The van der Waals surface area contributed by atoms with E-state index in [1.165, 1.54) is 11.5 Å². The average molecular weight is 158 g/mol. The van der Waals surface area contributed by atoms with Crippen LogP contribution in [0.1, 0.15) is 24.8 Å².